The largest absolute Gasteiger partial charge is 0.481 e. The molecular formula is C7H14BNO5. The molecule has 0 saturated heterocycles. The smallest absolute Gasteiger partial charge is 0.475 e. The first kappa shape index (κ1) is 12.9. The maximum absolute atomic E-state index is 11.2. The van der Waals surface area contributed by atoms with Crippen LogP contribution in [-0.4, -0.2) is 40.1 Å². The summed E-state index contributed by atoms with van der Waals surface area (Å²) in [5.74, 6) is -3.06. The molecule has 0 aliphatic rings. The summed E-state index contributed by atoms with van der Waals surface area (Å²) in [5, 5.41) is 28.0. The summed E-state index contributed by atoms with van der Waals surface area (Å²) >= 11 is 0. The highest BCUT2D eigenvalue weighted by Crippen LogP contribution is 2.02. The number of rotatable bonds is 5. The van der Waals surface area contributed by atoms with Gasteiger partial charge in [0.05, 0.1) is 12.4 Å². The Morgan fingerprint density at radius 2 is 1.86 bits per heavy atom. The van der Waals surface area contributed by atoms with Gasteiger partial charge in [0.25, 0.3) is 0 Å². The second-order valence-electron chi connectivity index (χ2n) is 3.21. The SMILES string of the molecule is CC(NC(=O)C(C)CC(=O)O)B(O)O. The number of aliphatic carboxylic acids is 1. The maximum Gasteiger partial charge on any atom is 0.475 e. The van der Waals surface area contributed by atoms with Crippen molar-refractivity contribution in [2.24, 2.45) is 5.92 Å². The van der Waals surface area contributed by atoms with Crippen LogP contribution in [0, 0.1) is 5.92 Å². The summed E-state index contributed by atoms with van der Waals surface area (Å²) in [5.41, 5.74) is 0. The second-order valence-corrected chi connectivity index (χ2v) is 3.21. The summed E-state index contributed by atoms with van der Waals surface area (Å²) < 4.78 is 0. The van der Waals surface area contributed by atoms with E-state index >= 15 is 0 Å². The molecule has 0 saturated carbocycles. The number of amides is 1. The number of hydrogen-bond donors (Lipinski definition) is 4. The van der Waals surface area contributed by atoms with E-state index < -0.39 is 30.9 Å². The van der Waals surface area contributed by atoms with Crippen LogP contribution in [0.5, 0.6) is 0 Å². The Hall–Kier alpha value is -1.08. The lowest BCUT2D eigenvalue weighted by atomic mass is 9.81. The van der Waals surface area contributed by atoms with Crippen molar-refractivity contribution in [3.05, 3.63) is 0 Å². The van der Waals surface area contributed by atoms with E-state index in [-0.39, 0.29) is 6.42 Å². The van der Waals surface area contributed by atoms with Crippen LogP contribution < -0.4 is 5.32 Å². The van der Waals surface area contributed by atoms with E-state index in [4.69, 9.17) is 15.2 Å². The molecule has 0 radical (unpaired) electrons. The molecule has 0 aliphatic carbocycles. The predicted molar refractivity (Wildman–Crippen MR) is 49.2 cm³/mol. The zero-order valence-corrected chi connectivity index (χ0v) is 8.10. The Kier molecular flexibility index (Phi) is 5.18. The van der Waals surface area contributed by atoms with Gasteiger partial charge in [-0.2, -0.15) is 0 Å². The molecule has 14 heavy (non-hydrogen) atoms. The highest BCUT2D eigenvalue weighted by atomic mass is 16.4. The van der Waals surface area contributed by atoms with Gasteiger partial charge < -0.3 is 20.5 Å². The lowest BCUT2D eigenvalue weighted by Gasteiger charge is -2.15. The van der Waals surface area contributed by atoms with Crippen LogP contribution >= 0.6 is 0 Å². The first-order valence-electron chi connectivity index (χ1n) is 4.23. The fourth-order valence-corrected chi connectivity index (χ4v) is 0.796. The maximum atomic E-state index is 11.2. The van der Waals surface area contributed by atoms with Gasteiger partial charge in [0.1, 0.15) is 0 Å². The fourth-order valence-electron chi connectivity index (χ4n) is 0.796. The van der Waals surface area contributed by atoms with E-state index in [1.165, 1.54) is 13.8 Å². The van der Waals surface area contributed by atoms with Crippen molar-refractivity contribution >= 4 is 19.0 Å². The Morgan fingerprint density at radius 1 is 1.36 bits per heavy atom. The Labute approximate surface area is 82.1 Å². The number of carbonyl (C=O) groups is 2. The van der Waals surface area contributed by atoms with Gasteiger partial charge in [-0.1, -0.05) is 6.92 Å². The van der Waals surface area contributed by atoms with Crippen LogP contribution in [0.15, 0.2) is 0 Å². The minimum Gasteiger partial charge on any atom is -0.481 e. The van der Waals surface area contributed by atoms with Crippen molar-refractivity contribution in [3.63, 3.8) is 0 Å². The molecule has 0 aromatic rings. The first-order chi connectivity index (χ1) is 6.34. The average Bonchev–Trinajstić information content (AvgIpc) is 2.02. The van der Waals surface area contributed by atoms with Crippen molar-refractivity contribution < 1.29 is 24.7 Å². The van der Waals surface area contributed by atoms with E-state index in [2.05, 4.69) is 5.32 Å². The quantitative estimate of drug-likeness (QED) is 0.411. The highest BCUT2D eigenvalue weighted by molar-refractivity contribution is 6.43. The zero-order chi connectivity index (χ0) is 11.3. The van der Waals surface area contributed by atoms with Gasteiger partial charge in [0, 0.05) is 5.92 Å². The number of carbonyl (C=O) groups excluding carboxylic acids is 1. The second kappa shape index (κ2) is 5.61. The number of nitrogens with one attached hydrogen (secondary N) is 1. The van der Waals surface area contributed by atoms with E-state index in [1.54, 1.807) is 0 Å². The third kappa shape index (κ3) is 4.83. The number of carboxylic acids is 1. The van der Waals surface area contributed by atoms with Crippen molar-refractivity contribution in [2.45, 2.75) is 26.2 Å². The van der Waals surface area contributed by atoms with Gasteiger partial charge >= 0.3 is 13.1 Å². The minimum absolute atomic E-state index is 0.278. The van der Waals surface area contributed by atoms with Crippen molar-refractivity contribution in [1.29, 1.82) is 0 Å². The number of hydrogen-bond acceptors (Lipinski definition) is 4. The lowest BCUT2D eigenvalue weighted by Crippen LogP contribution is -2.46. The van der Waals surface area contributed by atoms with Crippen LogP contribution in [0.1, 0.15) is 20.3 Å². The van der Waals surface area contributed by atoms with E-state index in [0.29, 0.717) is 0 Å². The molecule has 1 amide bonds. The predicted octanol–water partition coefficient (Wildman–Crippen LogP) is -1.39. The molecule has 4 N–H and O–H groups in total. The molecule has 6 nitrogen and oxygen atoms in total. The van der Waals surface area contributed by atoms with Crippen LogP contribution in [0.25, 0.3) is 0 Å². The third-order valence-electron chi connectivity index (χ3n) is 1.75. The molecule has 80 valence electrons. The molecule has 0 spiro atoms. The first-order valence-corrected chi connectivity index (χ1v) is 4.23. The summed E-state index contributed by atoms with van der Waals surface area (Å²) in [6, 6.07) is 0. The Bertz CT molecular complexity index is 220. The standard InChI is InChI=1S/C7H14BNO5/c1-4(3-6(10)11)7(12)9-5(2)8(13)14/h4-5,13-14H,3H2,1-2H3,(H,9,12)(H,10,11). The molecule has 0 heterocycles. The molecule has 0 aromatic carbocycles. The molecule has 0 aliphatic heterocycles. The van der Waals surface area contributed by atoms with Gasteiger partial charge in [-0.05, 0) is 6.92 Å². The van der Waals surface area contributed by atoms with Crippen LogP contribution in [-0.2, 0) is 9.59 Å². The van der Waals surface area contributed by atoms with E-state index in [0.717, 1.165) is 0 Å². The molecule has 0 fully saturated rings. The summed E-state index contributed by atoms with van der Waals surface area (Å²) in [6.07, 6.45) is -0.278. The topological polar surface area (TPSA) is 107 Å². The molecule has 0 aromatic heterocycles. The van der Waals surface area contributed by atoms with Crippen LogP contribution in [0.2, 0.25) is 0 Å². The highest BCUT2D eigenvalue weighted by Gasteiger charge is 2.23. The average molecular weight is 203 g/mol. The van der Waals surface area contributed by atoms with Gasteiger partial charge in [0.2, 0.25) is 5.91 Å². The van der Waals surface area contributed by atoms with Crippen molar-refractivity contribution in [3.8, 4) is 0 Å². The normalized spacial score (nSPS) is 14.3. The van der Waals surface area contributed by atoms with E-state index in [9.17, 15) is 9.59 Å². The van der Waals surface area contributed by atoms with Crippen molar-refractivity contribution in [2.75, 3.05) is 0 Å². The molecule has 2 unspecified atom stereocenters. The van der Waals surface area contributed by atoms with Crippen LogP contribution in [0.3, 0.4) is 0 Å². The summed E-state index contributed by atoms with van der Waals surface area (Å²) in [7, 11) is -1.64. The molecular weight excluding hydrogens is 189 g/mol. The Morgan fingerprint density at radius 3 is 2.21 bits per heavy atom. The zero-order valence-electron chi connectivity index (χ0n) is 8.10. The molecule has 0 bridgehead atoms. The lowest BCUT2D eigenvalue weighted by molar-refractivity contribution is -0.140. The van der Waals surface area contributed by atoms with E-state index in [1.807, 2.05) is 0 Å². The fraction of sp³-hybridized carbons (Fsp3) is 0.714. The van der Waals surface area contributed by atoms with Crippen LogP contribution in [0.4, 0.5) is 0 Å². The van der Waals surface area contributed by atoms with Crippen molar-refractivity contribution in [1.82, 2.24) is 5.32 Å². The van der Waals surface area contributed by atoms with Gasteiger partial charge in [-0.15, -0.1) is 0 Å². The van der Waals surface area contributed by atoms with Gasteiger partial charge in [-0.3, -0.25) is 9.59 Å². The summed E-state index contributed by atoms with van der Waals surface area (Å²) in [4.78, 5) is 21.5. The van der Waals surface area contributed by atoms with Gasteiger partial charge in [-0.25, -0.2) is 0 Å². The molecule has 7 heteroatoms. The van der Waals surface area contributed by atoms with Gasteiger partial charge in [0.15, 0.2) is 0 Å². The summed E-state index contributed by atoms with van der Waals surface area (Å²) in [6.45, 7) is 2.87. The number of carboxylic acid groups (broad SMARTS) is 1. The minimum atomic E-state index is -1.64. The molecule has 0 rings (SSSR count). The third-order valence-corrected chi connectivity index (χ3v) is 1.75. The monoisotopic (exact) mass is 203 g/mol. The Balaban J connectivity index is 4.01. The molecule has 2 atom stereocenters.